The molecule has 0 aliphatic rings. The van der Waals surface area contributed by atoms with E-state index < -0.39 is 5.97 Å². The molecule has 2 aromatic carbocycles. The van der Waals surface area contributed by atoms with E-state index in [0.29, 0.717) is 19.4 Å². The minimum Gasteiger partial charge on any atom is -0.478 e. The molecule has 120 valence electrons. The van der Waals surface area contributed by atoms with E-state index in [1.165, 1.54) is 5.56 Å². The Morgan fingerprint density at radius 1 is 1.04 bits per heavy atom. The van der Waals surface area contributed by atoms with Crippen LogP contribution in [0.5, 0.6) is 0 Å². The van der Waals surface area contributed by atoms with Crippen LogP contribution in [0.1, 0.15) is 33.5 Å². The average molecular weight is 311 g/mol. The fourth-order valence-electron chi connectivity index (χ4n) is 2.39. The van der Waals surface area contributed by atoms with Crippen LogP contribution in [0.3, 0.4) is 0 Å². The molecule has 0 spiro atoms. The quantitative estimate of drug-likeness (QED) is 0.890. The highest BCUT2D eigenvalue weighted by atomic mass is 16.4. The minimum absolute atomic E-state index is 0.0792. The number of carboxylic acids is 1. The van der Waals surface area contributed by atoms with Crippen molar-refractivity contribution in [2.75, 3.05) is 7.05 Å². The second-order valence-corrected chi connectivity index (χ2v) is 5.68. The summed E-state index contributed by atoms with van der Waals surface area (Å²) in [6, 6.07) is 14.7. The van der Waals surface area contributed by atoms with Gasteiger partial charge in [-0.15, -0.1) is 0 Å². The zero-order valence-electron chi connectivity index (χ0n) is 13.5. The molecule has 4 heteroatoms. The molecule has 0 saturated carbocycles. The van der Waals surface area contributed by atoms with Crippen molar-refractivity contribution in [3.63, 3.8) is 0 Å². The molecule has 2 rings (SSSR count). The number of carbonyl (C=O) groups excluding carboxylic acids is 1. The molecule has 0 fully saturated rings. The van der Waals surface area contributed by atoms with Gasteiger partial charge in [0, 0.05) is 20.0 Å². The van der Waals surface area contributed by atoms with Crippen LogP contribution in [0.15, 0.2) is 48.5 Å². The molecule has 0 radical (unpaired) electrons. The van der Waals surface area contributed by atoms with Gasteiger partial charge in [0.15, 0.2) is 0 Å². The highest BCUT2D eigenvalue weighted by molar-refractivity contribution is 5.87. The van der Waals surface area contributed by atoms with E-state index in [-0.39, 0.29) is 11.5 Å². The Morgan fingerprint density at radius 2 is 1.70 bits per heavy atom. The fraction of sp³-hybridized carbons (Fsp3) is 0.263. The maximum Gasteiger partial charge on any atom is 0.335 e. The lowest BCUT2D eigenvalue weighted by Gasteiger charge is -2.18. The summed E-state index contributed by atoms with van der Waals surface area (Å²) in [5.41, 5.74) is 3.55. The number of aryl methyl sites for hydroxylation is 2. The molecule has 0 aliphatic carbocycles. The van der Waals surface area contributed by atoms with Crippen LogP contribution in [-0.2, 0) is 17.8 Å². The Kier molecular flexibility index (Phi) is 5.52. The van der Waals surface area contributed by atoms with E-state index in [1.54, 1.807) is 29.2 Å². The third kappa shape index (κ3) is 4.68. The van der Waals surface area contributed by atoms with E-state index in [1.807, 2.05) is 38.2 Å². The van der Waals surface area contributed by atoms with Crippen LogP contribution in [0, 0.1) is 6.92 Å². The first-order valence-corrected chi connectivity index (χ1v) is 7.58. The van der Waals surface area contributed by atoms with Crippen LogP contribution in [0.4, 0.5) is 0 Å². The maximum absolute atomic E-state index is 12.2. The van der Waals surface area contributed by atoms with E-state index in [9.17, 15) is 9.59 Å². The Morgan fingerprint density at radius 3 is 2.30 bits per heavy atom. The second kappa shape index (κ2) is 7.58. The maximum atomic E-state index is 12.2. The summed E-state index contributed by atoms with van der Waals surface area (Å²) in [7, 11) is 1.81. The summed E-state index contributed by atoms with van der Waals surface area (Å²) in [5, 5.41) is 8.87. The van der Waals surface area contributed by atoms with Crippen LogP contribution in [0.2, 0.25) is 0 Å². The molecule has 1 N–H and O–H groups in total. The normalized spacial score (nSPS) is 10.3. The van der Waals surface area contributed by atoms with Gasteiger partial charge in [-0.1, -0.05) is 36.4 Å². The highest BCUT2D eigenvalue weighted by Crippen LogP contribution is 2.12. The molecule has 0 aliphatic heterocycles. The number of carbonyl (C=O) groups is 2. The smallest absolute Gasteiger partial charge is 0.335 e. The van der Waals surface area contributed by atoms with Gasteiger partial charge in [0.2, 0.25) is 5.91 Å². The van der Waals surface area contributed by atoms with E-state index in [4.69, 9.17) is 5.11 Å². The van der Waals surface area contributed by atoms with Crippen LogP contribution in [0.25, 0.3) is 0 Å². The average Bonchev–Trinajstić information content (AvgIpc) is 2.55. The molecule has 0 bridgehead atoms. The molecule has 4 nitrogen and oxygen atoms in total. The lowest BCUT2D eigenvalue weighted by molar-refractivity contribution is -0.130. The van der Waals surface area contributed by atoms with E-state index in [2.05, 4.69) is 0 Å². The molecule has 0 unspecified atom stereocenters. The molecule has 23 heavy (non-hydrogen) atoms. The van der Waals surface area contributed by atoms with Crippen LogP contribution >= 0.6 is 0 Å². The van der Waals surface area contributed by atoms with Gasteiger partial charge in [-0.05, 0) is 42.2 Å². The lowest BCUT2D eigenvalue weighted by Crippen LogP contribution is -2.26. The Hall–Kier alpha value is -2.62. The molecule has 1 amide bonds. The second-order valence-electron chi connectivity index (χ2n) is 5.68. The predicted octanol–water partition coefficient (Wildman–Crippen LogP) is 3.28. The summed E-state index contributed by atoms with van der Waals surface area (Å²) in [6.45, 7) is 2.64. The van der Waals surface area contributed by atoms with Crippen molar-refractivity contribution in [2.45, 2.75) is 26.3 Å². The van der Waals surface area contributed by atoms with Crippen LogP contribution in [-0.4, -0.2) is 28.9 Å². The van der Waals surface area contributed by atoms with Gasteiger partial charge in [0.1, 0.15) is 0 Å². The number of hydrogen-bond acceptors (Lipinski definition) is 2. The lowest BCUT2D eigenvalue weighted by atomic mass is 10.1. The van der Waals surface area contributed by atoms with Crippen molar-refractivity contribution < 1.29 is 14.7 Å². The first-order valence-electron chi connectivity index (χ1n) is 7.58. The van der Waals surface area contributed by atoms with Crippen molar-refractivity contribution in [1.29, 1.82) is 0 Å². The largest absolute Gasteiger partial charge is 0.478 e. The van der Waals surface area contributed by atoms with Gasteiger partial charge in [-0.3, -0.25) is 4.79 Å². The van der Waals surface area contributed by atoms with E-state index >= 15 is 0 Å². The van der Waals surface area contributed by atoms with Gasteiger partial charge in [-0.2, -0.15) is 0 Å². The Bertz CT molecular complexity index is 692. The van der Waals surface area contributed by atoms with Gasteiger partial charge >= 0.3 is 5.97 Å². The zero-order valence-corrected chi connectivity index (χ0v) is 13.5. The first kappa shape index (κ1) is 16.7. The van der Waals surface area contributed by atoms with Gasteiger partial charge in [0.05, 0.1) is 5.56 Å². The minimum atomic E-state index is -0.939. The van der Waals surface area contributed by atoms with Gasteiger partial charge < -0.3 is 10.0 Å². The molecule has 2 aromatic rings. The van der Waals surface area contributed by atoms with Gasteiger partial charge in [-0.25, -0.2) is 4.79 Å². The highest BCUT2D eigenvalue weighted by Gasteiger charge is 2.11. The molecule has 0 heterocycles. The summed E-state index contributed by atoms with van der Waals surface area (Å²) < 4.78 is 0. The topological polar surface area (TPSA) is 57.6 Å². The SMILES string of the molecule is Cc1ccccc1CN(C)C(=O)CCc1ccc(C(=O)O)cc1. The number of rotatable bonds is 6. The first-order chi connectivity index (χ1) is 11.0. The summed E-state index contributed by atoms with van der Waals surface area (Å²) in [4.78, 5) is 24.8. The summed E-state index contributed by atoms with van der Waals surface area (Å²) in [6.07, 6.45) is 1.02. The Balaban J connectivity index is 1.89. The molecule has 0 atom stereocenters. The Labute approximate surface area is 136 Å². The predicted molar refractivity (Wildman–Crippen MR) is 89.4 cm³/mol. The number of aromatic carboxylic acids is 1. The summed E-state index contributed by atoms with van der Waals surface area (Å²) >= 11 is 0. The standard InChI is InChI=1S/C19H21NO3/c1-14-5-3-4-6-17(14)13-20(2)18(21)12-9-15-7-10-16(11-8-15)19(22)23/h3-8,10-11H,9,12-13H2,1-2H3,(H,22,23). The monoisotopic (exact) mass is 311 g/mol. The van der Waals surface area contributed by atoms with Crippen molar-refractivity contribution >= 4 is 11.9 Å². The molecular weight excluding hydrogens is 290 g/mol. The zero-order chi connectivity index (χ0) is 16.8. The summed E-state index contributed by atoms with van der Waals surface area (Å²) in [5.74, 6) is -0.860. The van der Waals surface area contributed by atoms with Crippen molar-refractivity contribution in [3.8, 4) is 0 Å². The fourth-order valence-corrected chi connectivity index (χ4v) is 2.39. The van der Waals surface area contributed by atoms with Crippen molar-refractivity contribution in [3.05, 3.63) is 70.8 Å². The number of hydrogen-bond donors (Lipinski definition) is 1. The number of nitrogens with zero attached hydrogens (tertiary/aromatic N) is 1. The van der Waals surface area contributed by atoms with Crippen molar-refractivity contribution in [2.24, 2.45) is 0 Å². The van der Waals surface area contributed by atoms with Crippen molar-refractivity contribution in [1.82, 2.24) is 4.90 Å². The number of amides is 1. The third-order valence-corrected chi connectivity index (χ3v) is 3.92. The number of carboxylic acid groups (broad SMARTS) is 1. The number of benzene rings is 2. The molecule has 0 aromatic heterocycles. The van der Waals surface area contributed by atoms with E-state index in [0.717, 1.165) is 11.1 Å². The molecular formula is C19H21NO3. The van der Waals surface area contributed by atoms with Crippen LogP contribution < -0.4 is 0 Å². The third-order valence-electron chi connectivity index (χ3n) is 3.92. The molecule has 0 saturated heterocycles. The van der Waals surface area contributed by atoms with Gasteiger partial charge in [0.25, 0.3) is 0 Å².